The van der Waals surface area contributed by atoms with Gasteiger partial charge in [0.1, 0.15) is 0 Å². The zero-order chi connectivity index (χ0) is 15.8. The molecule has 1 saturated heterocycles. The molecule has 1 aliphatic heterocycles. The van der Waals surface area contributed by atoms with Crippen molar-refractivity contribution in [3.05, 3.63) is 42.0 Å². The Labute approximate surface area is 131 Å². The smallest absolute Gasteiger partial charge is 0.272 e. The summed E-state index contributed by atoms with van der Waals surface area (Å²) in [6.45, 7) is 1.89. The van der Waals surface area contributed by atoms with Gasteiger partial charge in [-0.05, 0) is 44.7 Å². The zero-order valence-electron chi connectivity index (χ0n) is 12.6. The van der Waals surface area contributed by atoms with E-state index < -0.39 is 21.5 Å². The molecule has 0 radical (unpaired) electrons. The Morgan fingerprint density at radius 3 is 2.55 bits per heavy atom. The van der Waals surface area contributed by atoms with E-state index in [-0.39, 0.29) is 11.3 Å². The van der Waals surface area contributed by atoms with E-state index in [4.69, 9.17) is 0 Å². The van der Waals surface area contributed by atoms with Gasteiger partial charge in [0.2, 0.25) is 0 Å². The highest BCUT2D eigenvalue weighted by atomic mass is 32.2. The summed E-state index contributed by atoms with van der Waals surface area (Å²) in [5.74, 6) is -0.398. The normalized spacial score (nSPS) is 25.7. The summed E-state index contributed by atoms with van der Waals surface area (Å²) in [4.78, 5) is 12.3. The molecule has 6 heteroatoms. The number of aryl methyl sites for hydroxylation is 1. The number of hydrogen-bond acceptors (Lipinski definition) is 4. The summed E-state index contributed by atoms with van der Waals surface area (Å²) in [7, 11) is -3.86. The van der Waals surface area contributed by atoms with Crippen molar-refractivity contribution in [3.8, 4) is 0 Å². The molecule has 1 atom stereocenters. The molecule has 22 heavy (non-hydrogen) atoms. The minimum atomic E-state index is -3.86. The Bertz CT molecular complexity index is 709. The van der Waals surface area contributed by atoms with E-state index in [1.807, 2.05) is 13.0 Å². The summed E-state index contributed by atoms with van der Waals surface area (Å²) >= 11 is 0. The van der Waals surface area contributed by atoms with Gasteiger partial charge in [-0.1, -0.05) is 29.8 Å². The van der Waals surface area contributed by atoms with Crippen LogP contribution in [-0.2, 0) is 14.8 Å². The molecule has 1 aromatic carbocycles. The molecule has 118 valence electrons. The number of allylic oxidation sites excluding steroid dienone is 1. The molecule has 0 aromatic heterocycles. The standard InChI is InChI=1S/C16H20N2O3S/c1-13-5-7-14(8-6-13)22(20,21)18-15(19)9-12-16(17-18)10-3-2-4-11-16/h3,5-8,10,17H,2,4,9,11-12H2,1H3. The van der Waals surface area contributed by atoms with Crippen LogP contribution in [0.5, 0.6) is 0 Å². The van der Waals surface area contributed by atoms with E-state index in [2.05, 4.69) is 11.5 Å². The minimum Gasteiger partial charge on any atom is -0.272 e. The van der Waals surface area contributed by atoms with Crippen LogP contribution >= 0.6 is 0 Å². The second-order valence-corrected chi connectivity index (χ2v) is 7.83. The van der Waals surface area contributed by atoms with Gasteiger partial charge in [0.05, 0.1) is 10.4 Å². The Balaban J connectivity index is 1.94. The third-order valence-corrected chi connectivity index (χ3v) is 5.97. The van der Waals surface area contributed by atoms with Crippen LogP contribution in [0.1, 0.15) is 37.7 Å². The number of nitrogens with one attached hydrogen (secondary N) is 1. The van der Waals surface area contributed by atoms with Gasteiger partial charge in [-0.3, -0.25) is 4.79 Å². The van der Waals surface area contributed by atoms with E-state index in [0.717, 1.165) is 29.2 Å². The summed E-state index contributed by atoms with van der Waals surface area (Å²) in [6, 6.07) is 6.55. The van der Waals surface area contributed by atoms with Crippen molar-refractivity contribution in [2.45, 2.75) is 49.5 Å². The van der Waals surface area contributed by atoms with Crippen LogP contribution in [0.25, 0.3) is 0 Å². The van der Waals surface area contributed by atoms with E-state index in [1.54, 1.807) is 12.1 Å². The highest BCUT2D eigenvalue weighted by Crippen LogP contribution is 2.32. The van der Waals surface area contributed by atoms with Crippen LogP contribution in [-0.4, -0.2) is 24.3 Å². The number of carbonyl (C=O) groups excluding carboxylic acids is 1. The first-order chi connectivity index (χ1) is 10.4. The van der Waals surface area contributed by atoms with Gasteiger partial charge in [-0.15, -0.1) is 0 Å². The molecule has 2 aliphatic rings. The maximum Gasteiger partial charge on any atom is 0.280 e. The number of sulfonamides is 1. The van der Waals surface area contributed by atoms with Crippen molar-refractivity contribution in [2.24, 2.45) is 0 Å². The molecule has 1 spiro atoms. The largest absolute Gasteiger partial charge is 0.280 e. The number of benzene rings is 1. The van der Waals surface area contributed by atoms with Crippen LogP contribution in [0.2, 0.25) is 0 Å². The molecule has 1 aromatic rings. The van der Waals surface area contributed by atoms with E-state index in [0.29, 0.717) is 6.42 Å². The fraction of sp³-hybridized carbons (Fsp3) is 0.438. The number of nitrogens with zero attached hydrogens (tertiary/aromatic N) is 1. The van der Waals surface area contributed by atoms with Gasteiger partial charge >= 0.3 is 0 Å². The molecule has 5 nitrogen and oxygen atoms in total. The van der Waals surface area contributed by atoms with Gasteiger partial charge in [-0.25, -0.2) is 5.43 Å². The van der Waals surface area contributed by atoms with Crippen molar-refractivity contribution < 1.29 is 13.2 Å². The number of carbonyl (C=O) groups is 1. The van der Waals surface area contributed by atoms with Gasteiger partial charge in [0.25, 0.3) is 15.9 Å². The molecule has 1 N–H and O–H groups in total. The number of hydrazine groups is 1. The van der Waals surface area contributed by atoms with Gasteiger partial charge in [-0.2, -0.15) is 12.8 Å². The second kappa shape index (κ2) is 5.52. The Kier molecular flexibility index (Phi) is 3.82. The lowest BCUT2D eigenvalue weighted by Gasteiger charge is -2.42. The lowest BCUT2D eigenvalue weighted by molar-refractivity contribution is -0.133. The average Bonchev–Trinajstić information content (AvgIpc) is 2.51. The van der Waals surface area contributed by atoms with Crippen molar-refractivity contribution >= 4 is 15.9 Å². The first-order valence-electron chi connectivity index (χ1n) is 7.53. The highest BCUT2D eigenvalue weighted by Gasteiger charge is 2.42. The van der Waals surface area contributed by atoms with Crippen molar-refractivity contribution in [3.63, 3.8) is 0 Å². The molecule has 0 saturated carbocycles. The third-order valence-electron chi connectivity index (χ3n) is 4.33. The van der Waals surface area contributed by atoms with Crippen LogP contribution in [0.15, 0.2) is 41.3 Å². The van der Waals surface area contributed by atoms with Crippen molar-refractivity contribution in [1.29, 1.82) is 0 Å². The summed E-state index contributed by atoms with van der Waals surface area (Å²) in [5.41, 5.74) is 3.54. The Morgan fingerprint density at radius 1 is 1.18 bits per heavy atom. The molecule has 0 bridgehead atoms. The van der Waals surface area contributed by atoms with Gasteiger partial charge < -0.3 is 0 Å². The fourth-order valence-corrected chi connectivity index (χ4v) is 4.34. The van der Waals surface area contributed by atoms with E-state index in [1.165, 1.54) is 12.1 Å². The lowest BCUT2D eigenvalue weighted by atomic mass is 9.83. The third kappa shape index (κ3) is 2.68. The molecule has 1 fully saturated rings. The van der Waals surface area contributed by atoms with E-state index in [9.17, 15) is 13.2 Å². The van der Waals surface area contributed by atoms with Gasteiger partial charge in [0, 0.05) is 6.42 Å². The maximum absolute atomic E-state index is 12.8. The minimum absolute atomic E-state index is 0.135. The monoisotopic (exact) mass is 320 g/mol. The molecular weight excluding hydrogens is 300 g/mol. The summed E-state index contributed by atoms with van der Waals surface area (Å²) in [5, 5.41) is 0. The van der Waals surface area contributed by atoms with Crippen LogP contribution in [0.4, 0.5) is 0 Å². The quantitative estimate of drug-likeness (QED) is 0.849. The molecule has 1 unspecified atom stereocenters. The predicted octanol–water partition coefficient (Wildman–Crippen LogP) is 2.29. The highest BCUT2D eigenvalue weighted by molar-refractivity contribution is 7.89. The van der Waals surface area contributed by atoms with Crippen LogP contribution in [0.3, 0.4) is 0 Å². The average molecular weight is 320 g/mol. The zero-order valence-corrected chi connectivity index (χ0v) is 13.4. The molecule has 1 aliphatic carbocycles. The molecular formula is C16H20N2O3S. The predicted molar refractivity (Wildman–Crippen MR) is 83.3 cm³/mol. The van der Waals surface area contributed by atoms with Crippen LogP contribution in [0, 0.1) is 6.92 Å². The number of amides is 1. The molecule has 1 amide bonds. The maximum atomic E-state index is 12.8. The molecule has 1 heterocycles. The Morgan fingerprint density at radius 2 is 1.91 bits per heavy atom. The number of rotatable bonds is 2. The topological polar surface area (TPSA) is 66.5 Å². The SMILES string of the molecule is Cc1ccc(S(=O)(=O)N2NC3(C=CCCC3)CCC2=O)cc1. The van der Waals surface area contributed by atoms with Gasteiger partial charge in [0.15, 0.2) is 0 Å². The first kappa shape index (κ1) is 15.2. The summed E-state index contributed by atoms with van der Waals surface area (Å²) in [6.07, 6.45) is 7.79. The number of hydrogen-bond donors (Lipinski definition) is 1. The fourth-order valence-electron chi connectivity index (χ4n) is 2.99. The molecule has 3 rings (SSSR count). The Hall–Kier alpha value is -1.66. The van der Waals surface area contributed by atoms with Crippen LogP contribution < -0.4 is 5.43 Å². The first-order valence-corrected chi connectivity index (χ1v) is 8.97. The van der Waals surface area contributed by atoms with Crippen molar-refractivity contribution in [1.82, 2.24) is 9.84 Å². The van der Waals surface area contributed by atoms with E-state index >= 15 is 0 Å². The second-order valence-electron chi connectivity index (χ2n) is 6.04. The lowest BCUT2D eigenvalue weighted by Crippen LogP contribution is -2.61. The summed E-state index contributed by atoms with van der Waals surface area (Å²) < 4.78 is 26.4. The van der Waals surface area contributed by atoms with Crippen molar-refractivity contribution in [2.75, 3.05) is 0 Å².